The van der Waals surface area contributed by atoms with Crippen LogP contribution in [-0.2, 0) is 9.53 Å². The molecule has 3 aromatic carbocycles. The molecule has 2 N–H and O–H groups in total. The van der Waals surface area contributed by atoms with E-state index in [0.29, 0.717) is 16.1 Å². The Hall–Kier alpha value is -4.15. The highest BCUT2D eigenvalue weighted by molar-refractivity contribution is 6.34. The number of hydrogen-bond acceptors (Lipinski definition) is 5. The number of anilines is 2. The summed E-state index contributed by atoms with van der Waals surface area (Å²) in [4.78, 5) is 37.8. The third-order valence-electron chi connectivity index (χ3n) is 4.74. The fraction of sp³-hybridized carbons (Fsp3) is 0.185. The standard InChI is InChI=1S/C27H24ClN3O4/c1-27(2,3)35-26(34)31-23-14-21(28)20(18-9-5-4-6-10-18)13-22(23)30-25(33)15-24(32)19-11-7-8-17(12-19)16-29/h4-14H,15H2,1-3H3,(H,30,33)(H,31,34). The van der Waals surface area contributed by atoms with E-state index in [4.69, 9.17) is 21.6 Å². The number of ketones is 1. The highest BCUT2D eigenvalue weighted by Gasteiger charge is 2.20. The Balaban J connectivity index is 1.89. The smallest absolute Gasteiger partial charge is 0.412 e. The van der Waals surface area contributed by atoms with Gasteiger partial charge in [0.25, 0.3) is 0 Å². The van der Waals surface area contributed by atoms with Crippen molar-refractivity contribution in [1.82, 2.24) is 0 Å². The molecule has 7 nitrogen and oxygen atoms in total. The van der Waals surface area contributed by atoms with Gasteiger partial charge in [-0.2, -0.15) is 5.26 Å². The summed E-state index contributed by atoms with van der Waals surface area (Å²) in [5, 5.41) is 14.7. The zero-order valence-corrected chi connectivity index (χ0v) is 20.3. The van der Waals surface area contributed by atoms with Gasteiger partial charge in [-0.25, -0.2) is 4.79 Å². The summed E-state index contributed by atoms with van der Waals surface area (Å²) in [6.07, 6.45) is -1.18. The molecule has 0 saturated carbocycles. The van der Waals surface area contributed by atoms with Gasteiger partial charge in [-0.1, -0.05) is 54.1 Å². The summed E-state index contributed by atoms with van der Waals surface area (Å²) in [5.41, 5.74) is 1.76. The van der Waals surface area contributed by atoms with Gasteiger partial charge in [-0.3, -0.25) is 14.9 Å². The highest BCUT2D eigenvalue weighted by atomic mass is 35.5. The molecule has 0 aliphatic heterocycles. The first-order valence-electron chi connectivity index (χ1n) is 10.8. The number of hydrogen-bond donors (Lipinski definition) is 2. The Morgan fingerprint density at radius 3 is 2.29 bits per heavy atom. The lowest BCUT2D eigenvalue weighted by Gasteiger charge is -2.21. The Morgan fingerprint density at radius 2 is 1.63 bits per heavy atom. The van der Waals surface area contributed by atoms with E-state index in [-0.39, 0.29) is 16.9 Å². The lowest BCUT2D eigenvalue weighted by molar-refractivity contribution is -0.115. The number of nitrogens with one attached hydrogen (secondary N) is 2. The van der Waals surface area contributed by atoms with Crippen LogP contribution in [0, 0.1) is 11.3 Å². The normalized spacial score (nSPS) is 10.7. The first-order valence-corrected chi connectivity index (χ1v) is 11.2. The van der Waals surface area contributed by atoms with Gasteiger partial charge in [0.2, 0.25) is 5.91 Å². The van der Waals surface area contributed by atoms with E-state index in [0.717, 1.165) is 5.56 Å². The molecule has 0 atom stereocenters. The van der Waals surface area contributed by atoms with Gasteiger partial charge < -0.3 is 10.1 Å². The van der Waals surface area contributed by atoms with E-state index >= 15 is 0 Å². The monoisotopic (exact) mass is 489 g/mol. The van der Waals surface area contributed by atoms with Crippen LogP contribution in [-0.4, -0.2) is 23.4 Å². The topological polar surface area (TPSA) is 108 Å². The quantitative estimate of drug-likeness (QED) is 0.306. The lowest BCUT2D eigenvalue weighted by atomic mass is 10.0. The van der Waals surface area contributed by atoms with Crippen molar-refractivity contribution in [1.29, 1.82) is 5.26 Å². The van der Waals surface area contributed by atoms with Crippen molar-refractivity contribution in [3.63, 3.8) is 0 Å². The Labute approximate surface area is 208 Å². The molecule has 0 aliphatic rings. The maximum absolute atomic E-state index is 12.8. The molecular formula is C27H24ClN3O4. The highest BCUT2D eigenvalue weighted by Crippen LogP contribution is 2.36. The molecule has 0 heterocycles. The minimum atomic E-state index is -0.731. The second-order valence-electron chi connectivity index (χ2n) is 8.71. The number of nitriles is 1. The summed E-state index contributed by atoms with van der Waals surface area (Å²) in [5.74, 6) is -1.04. The molecule has 0 saturated heterocycles. The van der Waals surface area contributed by atoms with Crippen LogP contribution >= 0.6 is 11.6 Å². The molecule has 0 fully saturated rings. The van der Waals surface area contributed by atoms with Crippen molar-refractivity contribution < 1.29 is 19.1 Å². The predicted molar refractivity (Wildman–Crippen MR) is 135 cm³/mol. The van der Waals surface area contributed by atoms with Gasteiger partial charge in [0.05, 0.1) is 34.5 Å². The number of Topliss-reactive ketones (excluding diaryl/α,β-unsaturated/α-hetero) is 1. The van der Waals surface area contributed by atoms with Crippen LogP contribution in [0.2, 0.25) is 5.02 Å². The van der Waals surface area contributed by atoms with Gasteiger partial charge in [0.15, 0.2) is 5.78 Å². The largest absolute Gasteiger partial charge is 0.444 e. The van der Waals surface area contributed by atoms with Crippen LogP contribution in [0.5, 0.6) is 0 Å². The van der Waals surface area contributed by atoms with Crippen molar-refractivity contribution >= 4 is 40.8 Å². The molecule has 0 spiro atoms. The molecule has 3 rings (SSSR count). The second-order valence-corrected chi connectivity index (χ2v) is 9.12. The summed E-state index contributed by atoms with van der Waals surface area (Å²) in [7, 11) is 0. The minimum Gasteiger partial charge on any atom is -0.444 e. The molecule has 3 aromatic rings. The van der Waals surface area contributed by atoms with Gasteiger partial charge in [-0.15, -0.1) is 0 Å². The number of benzene rings is 3. The van der Waals surface area contributed by atoms with Crippen molar-refractivity contribution in [2.24, 2.45) is 0 Å². The maximum Gasteiger partial charge on any atom is 0.412 e. The van der Waals surface area contributed by atoms with Crippen LogP contribution in [0.3, 0.4) is 0 Å². The van der Waals surface area contributed by atoms with E-state index in [9.17, 15) is 14.4 Å². The number of amides is 2. The van der Waals surface area contributed by atoms with Crippen LogP contribution in [0.15, 0.2) is 66.7 Å². The van der Waals surface area contributed by atoms with Crippen LogP contribution in [0.25, 0.3) is 11.1 Å². The average Bonchev–Trinajstić information content (AvgIpc) is 2.80. The fourth-order valence-electron chi connectivity index (χ4n) is 3.24. The van der Waals surface area contributed by atoms with Gasteiger partial charge in [0.1, 0.15) is 5.60 Å². The minimum absolute atomic E-state index is 0.219. The number of halogens is 1. The molecule has 0 aromatic heterocycles. The Morgan fingerprint density at radius 1 is 0.943 bits per heavy atom. The third kappa shape index (κ3) is 7.16. The van der Waals surface area contributed by atoms with Gasteiger partial charge >= 0.3 is 6.09 Å². The molecule has 35 heavy (non-hydrogen) atoms. The summed E-state index contributed by atoms with van der Waals surface area (Å²) < 4.78 is 5.31. The van der Waals surface area contributed by atoms with Crippen LogP contribution in [0.1, 0.15) is 43.1 Å². The van der Waals surface area contributed by atoms with Gasteiger partial charge in [0, 0.05) is 11.1 Å². The van der Waals surface area contributed by atoms with Crippen molar-refractivity contribution in [2.75, 3.05) is 10.6 Å². The average molecular weight is 490 g/mol. The lowest BCUT2D eigenvalue weighted by Crippen LogP contribution is -2.27. The number of nitrogens with zero attached hydrogens (tertiary/aromatic N) is 1. The van der Waals surface area contributed by atoms with E-state index in [1.165, 1.54) is 12.1 Å². The fourth-order valence-corrected chi connectivity index (χ4v) is 3.51. The summed E-state index contributed by atoms with van der Waals surface area (Å²) in [6, 6.07) is 20.5. The third-order valence-corrected chi connectivity index (χ3v) is 5.05. The second kappa shape index (κ2) is 10.9. The number of carbonyl (C=O) groups excluding carboxylic acids is 3. The van der Waals surface area contributed by atoms with Gasteiger partial charge in [-0.05, 0) is 50.6 Å². The van der Waals surface area contributed by atoms with Crippen LogP contribution in [0.4, 0.5) is 16.2 Å². The van der Waals surface area contributed by atoms with Crippen LogP contribution < -0.4 is 10.6 Å². The Bertz CT molecular complexity index is 1310. The van der Waals surface area contributed by atoms with E-state index in [1.54, 1.807) is 45.0 Å². The number of ether oxygens (including phenoxy) is 1. The Kier molecular flexibility index (Phi) is 7.90. The van der Waals surface area contributed by atoms with Crippen molar-refractivity contribution in [2.45, 2.75) is 32.8 Å². The molecule has 0 bridgehead atoms. The summed E-state index contributed by atoms with van der Waals surface area (Å²) in [6.45, 7) is 5.19. The predicted octanol–water partition coefficient (Wildman–Crippen LogP) is 6.44. The van der Waals surface area contributed by atoms with E-state index in [1.807, 2.05) is 36.4 Å². The SMILES string of the molecule is CC(C)(C)OC(=O)Nc1cc(Cl)c(-c2ccccc2)cc1NC(=O)CC(=O)c1cccc(C#N)c1. The molecule has 178 valence electrons. The number of rotatable bonds is 6. The zero-order chi connectivity index (χ0) is 25.6. The van der Waals surface area contributed by atoms with E-state index in [2.05, 4.69) is 10.6 Å². The first kappa shape index (κ1) is 25.5. The summed E-state index contributed by atoms with van der Waals surface area (Å²) >= 11 is 6.50. The first-order chi connectivity index (χ1) is 16.6. The number of carbonyl (C=O) groups is 3. The molecule has 8 heteroatoms. The molecular weight excluding hydrogens is 466 g/mol. The van der Waals surface area contributed by atoms with Crippen molar-refractivity contribution in [3.05, 3.63) is 82.9 Å². The molecule has 0 unspecified atom stereocenters. The molecule has 0 radical (unpaired) electrons. The molecule has 0 aliphatic carbocycles. The maximum atomic E-state index is 12.8. The van der Waals surface area contributed by atoms with Crippen molar-refractivity contribution in [3.8, 4) is 17.2 Å². The zero-order valence-electron chi connectivity index (χ0n) is 19.5. The molecule has 2 amide bonds. The van der Waals surface area contributed by atoms with E-state index < -0.39 is 29.8 Å².